The van der Waals surface area contributed by atoms with E-state index in [2.05, 4.69) is 44.6 Å². The quantitative estimate of drug-likeness (QED) is 0.206. The summed E-state index contributed by atoms with van der Waals surface area (Å²) in [6, 6.07) is 1.29. The number of anilines is 1. The number of aliphatic imine (C=N–C) groups is 1. The van der Waals surface area contributed by atoms with Gasteiger partial charge in [-0.05, 0) is 54.9 Å². The van der Waals surface area contributed by atoms with Gasteiger partial charge in [-0.15, -0.1) is 0 Å². The van der Waals surface area contributed by atoms with Gasteiger partial charge >= 0.3 is 0 Å². The molecule has 0 aromatic carbocycles. The number of aromatic nitrogens is 1. The Kier molecular flexibility index (Phi) is 8.77. The maximum atomic E-state index is 15.7. The molecule has 4 rings (SSSR count). The van der Waals surface area contributed by atoms with Crippen LogP contribution in [0.4, 0.5) is 14.6 Å². The molecule has 0 saturated carbocycles. The fraction of sp³-hybridized carbons (Fsp3) is 0.467. The molecular weight excluding hydrogens is 500 g/mol. The molecule has 1 saturated heterocycles. The number of piperazine rings is 1. The highest BCUT2D eigenvalue weighted by molar-refractivity contribution is 6.05. The predicted molar refractivity (Wildman–Crippen MR) is 150 cm³/mol. The van der Waals surface area contributed by atoms with Crippen molar-refractivity contribution in [3.63, 3.8) is 0 Å². The Bertz CT molecular complexity index is 1270. The Balaban J connectivity index is 1.82. The monoisotopic (exact) mass is 537 g/mol. The molecule has 1 aromatic heterocycles. The summed E-state index contributed by atoms with van der Waals surface area (Å²) in [6.45, 7) is 13.9. The van der Waals surface area contributed by atoms with Crippen LogP contribution in [0, 0.1) is 23.6 Å². The van der Waals surface area contributed by atoms with E-state index in [9.17, 15) is 14.0 Å². The first-order valence-electron chi connectivity index (χ1n) is 13.6. The van der Waals surface area contributed by atoms with Gasteiger partial charge in [-0.3, -0.25) is 9.59 Å². The van der Waals surface area contributed by atoms with E-state index in [0.717, 1.165) is 12.1 Å². The Morgan fingerprint density at radius 3 is 2.38 bits per heavy atom. The number of carbonyl (C=O) groups excluding carboxylic acids is 2. The van der Waals surface area contributed by atoms with E-state index >= 15 is 4.39 Å². The molecule has 1 aliphatic heterocycles. The molecule has 1 N–H and O–H groups in total. The standard InChI is InChI=1S/C30H37F2N5O2/c1-6-24(39)36-12-14-37(15-13-36)30(35-28-25(18(2)3)26(28)19(4)5)21-16-23(32)27(34-29(21)33-17-38)20-10-8-7-9-11-22(20)31/h6,10-11,16-19,25H,1,7-9,12-15H2,2-5H3,(H,33,34,38)/b35-30+. The van der Waals surface area contributed by atoms with Gasteiger partial charge in [0, 0.05) is 37.7 Å². The van der Waals surface area contributed by atoms with Crippen LogP contribution in [-0.2, 0) is 9.59 Å². The summed E-state index contributed by atoms with van der Waals surface area (Å²) in [6.07, 6.45) is 6.78. The normalized spacial score (nSPS) is 20.1. The first-order valence-corrected chi connectivity index (χ1v) is 13.6. The lowest BCUT2D eigenvalue weighted by atomic mass is 9.99. The molecule has 7 nitrogen and oxygen atoms in total. The van der Waals surface area contributed by atoms with E-state index in [1.165, 1.54) is 23.8 Å². The SMILES string of the molecule is C=CC(=O)N1CCN(/C(=N/C2=C(C(C)C)C2C(C)C)c2cc(F)c(C3=CCCCC=C3F)nc2NC=O)CC1. The zero-order chi connectivity index (χ0) is 28.3. The lowest BCUT2D eigenvalue weighted by Crippen LogP contribution is -2.50. The van der Waals surface area contributed by atoms with Crippen molar-refractivity contribution in [1.29, 1.82) is 0 Å². The molecule has 2 heterocycles. The number of pyridine rings is 1. The minimum absolute atomic E-state index is 0.0902. The average Bonchev–Trinajstić information content (AvgIpc) is 3.68. The number of rotatable bonds is 8. The number of amidine groups is 1. The van der Waals surface area contributed by atoms with E-state index in [1.54, 1.807) is 11.0 Å². The molecule has 2 aliphatic carbocycles. The molecule has 1 fully saturated rings. The molecule has 3 aliphatic rings. The van der Waals surface area contributed by atoms with Gasteiger partial charge in [0.25, 0.3) is 0 Å². The Morgan fingerprint density at radius 1 is 1.13 bits per heavy atom. The Hall–Kier alpha value is -3.62. The summed E-state index contributed by atoms with van der Waals surface area (Å²) >= 11 is 0. The highest BCUT2D eigenvalue weighted by Gasteiger charge is 2.41. The summed E-state index contributed by atoms with van der Waals surface area (Å²) in [5, 5.41) is 2.60. The number of halogens is 2. The highest BCUT2D eigenvalue weighted by atomic mass is 19.1. The maximum Gasteiger partial charge on any atom is 0.246 e. The molecular formula is C30H37F2N5O2. The number of nitrogens with one attached hydrogen (secondary N) is 1. The average molecular weight is 538 g/mol. The number of nitrogens with zero attached hydrogens (tertiary/aromatic N) is 4. The van der Waals surface area contributed by atoms with Crippen LogP contribution >= 0.6 is 0 Å². The molecule has 1 atom stereocenters. The van der Waals surface area contributed by atoms with Gasteiger partial charge in [0.15, 0.2) is 0 Å². The van der Waals surface area contributed by atoms with Crippen molar-refractivity contribution in [3.8, 4) is 0 Å². The number of allylic oxidation sites excluding steroid dienone is 6. The maximum absolute atomic E-state index is 15.7. The third-order valence-corrected chi connectivity index (χ3v) is 7.43. The van der Waals surface area contributed by atoms with Gasteiger partial charge in [0.05, 0.1) is 11.3 Å². The molecule has 0 bridgehead atoms. The molecule has 2 amide bonds. The lowest BCUT2D eigenvalue weighted by Gasteiger charge is -2.36. The molecule has 1 aromatic rings. The number of hydrogen-bond acceptors (Lipinski definition) is 4. The first kappa shape index (κ1) is 28.4. The van der Waals surface area contributed by atoms with Crippen LogP contribution in [0.5, 0.6) is 0 Å². The molecule has 39 heavy (non-hydrogen) atoms. The minimum Gasteiger partial charge on any atom is -0.352 e. The topological polar surface area (TPSA) is 77.9 Å². The predicted octanol–water partition coefficient (Wildman–Crippen LogP) is 5.48. The van der Waals surface area contributed by atoms with E-state index < -0.39 is 11.6 Å². The zero-order valence-electron chi connectivity index (χ0n) is 23.1. The van der Waals surface area contributed by atoms with E-state index in [-0.39, 0.29) is 28.9 Å². The number of amides is 2. The molecule has 208 valence electrons. The second kappa shape index (κ2) is 12.1. The smallest absolute Gasteiger partial charge is 0.246 e. The molecule has 1 unspecified atom stereocenters. The second-order valence-electron chi connectivity index (χ2n) is 10.7. The number of hydrogen-bond donors (Lipinski definition) is 1. The Morgan fingerprint density at radius 2 is 1.79 bits per heavy atom. The highest BCUT2D eigenvalue weighted by Crippen LogP contribution is 2.50. The third-order valence-electron chi connectivity index (χ3n) is 7.43. The summed E-state index contributed by atoms with van der Waals surface area (Å²) in [4.78, 5) is 37.0. The van der Waals surface area contributed by atoms with Crippen LogP contribution in [0.1, 0.15) is 58.2 Å². The van der Waals surface area contributed by atoms with Crippen molar-refractivity contribution < 1.29 is 18.4 Å². The van der Waals surface area contributed by atoms with Crippen LogP contribution in [-0.4, -0.2) is 59.1 Å². The van der Waals surface area contributed by atoms with Crippen molar-refractivity contribution >= 4 is 29.5 Å². The van der Waals surface area contributed by atoms with Gasteiger partial charge in [-0.25, -0.2) is 18.8 Å². The lowest BCUT2D eigenvalue weighted by molar-refractivity contribution is -0.127. The van der Waals surface area contributed by atoms with Gasteiger partial charge in [0.2, 0.25) is 12.3 Å². The van der Waals surface area contributed by atoms with Gasteiger partial charge in [0.1, 0.15) is 29.0 Å². The number of carbonyl (C=O) groups is 2. The van der Waals surface area contributed by atoms with Crippen LogP contribution in [0.25, 0.3) is 5.57 Å². The third kappa shape index (κ3) is 6.02. The largest absolute Gasteiger partial charge is 0.352 e. The van der Waals surface area contributed by atoms with Crippen molar-refractivity contribution in [2.24, 2.45) is 22.7 Å². The van der Waals surface area contributed by atoms with Gasteiger partial charge in [-0.1, -0.05) is 40.3 Å². The van der Waals surface area contributed by atoms with E-state index in [4.69, 9.17) is 4.99 Å². The van der Waals surface area contributed by atoms with Crippen LogP contribution < -0.4 is 5.32 Å². The van der Waals surface area contributed by atoms with Crippen molar-refractivity contribution in [1.82, 2.24) is 14.8 Å². The summed E-state index contributed by atoms with van der Waals surface area (Å²) in [5.74, 6) is 0.102. The van der Waals surface area contributed by atoms with Crippen molar-refractivity contribution in [2.75, 3.05) is 31.5 Å². The second-order valence-corrected chi connectivity index (χ2v) is 10.7. The van der Waals surface area contributed by atoms with Crippen molar-refractivity contribution in [3.05, 3.63) is 65.0 Å². The minimum atomic E-state index is -0.694. The van der Waals surface area contributed by atoms with Crippen LogP contribution in [0.3, 0.4) is 0 Å². The summed E-state index contributed by atoms with van der Waals surface area (Å²) < 4.78 is 30.5. The first-order chi connectivity index (χ1) is 18.7. The molecule has 0 spiro atoms. The summed E-state index contributed by atoms with van der Waals surface area (Å²) in [7, 11) is 0. The van der Waals surface area contributed by atoms with Crippen LogP contribution in [0.15, 0.2) is 53.0 Å². The van der Waals surface area contributed by atoms with Crippen molar-refractivity contribution in [2.45, 2.75) is 47.0 Å². The van der Waals surface area contributed by atoms with Gasteiger partial charge in [-0.2, -0.15) is 0 Å². The molecule has 9 heteroatoms. The van der Waals surface area contributed by atoms with E-state index in [0.29, 0.717) is 68.7 Å². The summed E-state index contributed by atoms with van der Waals surface area (Å²) in [5.41, 5.74) is 2.48. The zero-order valence-corrected chi connectivity index (χ0v) is 23.1. The fourth-order valence-electron chi connectivity index (χ4n) is 5.42. The Labute approximate surface area is 229 Å². The molecule has 0 radical (unpaired) electrons. The van der Waals surface area contributed by atoms with Crippen LogP contribution in [0.2, 0.25) is 0 Å². The fourth-order valence-corrected chi connectivity index (χ4v) is 5.42. The van der Waals surface area contributed by atoms with Gasteiger partial charge < -0.3 is 15.1 Å². The van der Waals surface area contributed by atoms with E-state index in [1.807, 2.05) is 4.90 Å².